The molecule has 4 N–H and O–H groups in total. The molecule has 5 rings (SSSR count). The van der Waals surface area contributed by atoms with Gasteiger partial charge in [-0.1, -0.05) is 95.4 Å². The topological polar surface area (TPSA) is 117 Å². The van der Waals surface area contributed by atoms with Gasteiger partial charge in [0.2, 0.25) is 5.91 Å². The van der Waals surface area contributed by atoms with Crippen molar-refractivity contribution in [3.8, 4) is 0 Å². The number of alkyl carbamates (subject to hydrolysis) is 1. The van der Waals surface area contributed by atoms with Gasteiger partial charge in [-0.15, -0.1) is 0 Å². The number of fused-ring (bicyclic) bond motifs is 5. The molecule has 3 saturated carbocycles. The third-order valence-corrected chi connectivity index (χ3v) is 14.4. The standard InChI is InChI=1S/C43H69N2O6PS/c1-29(2)13-12-14-30(3)37-22-23-38-36-20-18-32-27-33(19-21-34(32)35(36)24-25-43(37,38)4)50-42(48)44-26-11-7-10-17-40(47)45-39(28-46)41(51-52(5,49)53)31-15-8-6-9-16-31/h6,8-9,15-16,18,29-30,33-39,41,46H,7,10-14,17,19-28H2,1-5H3,(H,44,48)(H,45,47)(H,49,53). The lowest BCUT2D eigenvalue weighted by Crippen LogP contribution is -2.47. The van der Waals surface area contributed by atoms with Gasteiger partial charge in [0.25, 0.3) is 0 Å². The largest absolute Gasteiger partial charge is 0.446 e. The Morgan fingerprint density at radius 3 is 2.49 bits per heavy atom. The van der Waals surface area contributed by atoms with Crippen LogP contribution in [0.4, 0.5) is 4.79 Å². The Balaban J connectivity index is 0.997. The molecule has 4 aliphatic rings. The van der Waals surface area contributed by atoms with Crippen molar-refractivity contribution in [3.05, 3.63) is 47.5 Å². The minimum absolute atomic E-state index is 0.0520. The smallest absolute Gasteiger partial charge is 0.407 e. The molecule has 0 saturated heterocycles. The molecule has 1 aromatic rings. The number of carbonyl (C=O) groups excluding carboxylic acids is 2. The summed E-state index contributed by atoms with van der Waals surface area (Å²) in [4.78, 5) is 35.7. The molecule has 11 atom stereocenters. The SMILES string of the molecule is CC(C)CCCC(C)C1CCC2C3CC=C4CC(OC(=O)NCCCCCC(=O)NC(CO)C(OP(C)(O)=S)c5ccccc5)CCC4C3CCC12C. The fraction of sp³-hybridized carbons (Fsp3) is 0.767. The molecule has 0 heterocycles. The van der Waals surface area contributed by atoms with Crippen LogP contribution in [-0.2, 0) is 25.9 Å². The average molecular weight is 773 g/mol. The molecular weight excluding hydrogens is 704 g/mol. The highest BCUT2D eigenvalue weighted by Crippen LogP contribution is 2.65. The molecule has 0 bridgehead atoms. The fourth-order valence-corrected chi connectivity index (χ4v) is 12.0. The summed E-state index contributed by atoms with van der Waals surface area (Å²) in [6.07, 6.45) is 17.7. The van der Waals surface area contributed by atoms with E-state index in [4.69, 9.17) is 21.1 Å². The lowest BCUT2D eigenvalue weighted by molar-refractivity contribution is -0.123. The maximum Gasteiger partial charge on any atom is 0.407 e. The monoisotopic (exact) mass is 772 g/mol. The first kappa shape index (κ1) is 42.4. The van der Waals surface area contributed by atoms with Crippen LogP contribution in [0.1, 0.15) is 136 Å². The zero-order valence-electron chi connectivity index (χ0n) is 33.1. The molecule has 0 aliphatic heterocycles. The van der Waals surface area contributed by atoms with Gasteiger partial charge in [-0.3, -0.25) is 4.79 Å². The molecule has 0 aromatic heterocycles. The first-order valence-corrected chi connectivity index (χ1v) is 24.0. The average Bonchev–Trinajstić information content (AvgIpc) is 3.48. The van der Waals surface area contributed by atoms with Gasteiger partial charge in [-0.05, 0) is 122 Å². The normalized spacial score (nSPS) is 30.8. The van der Waals surface area contributed by atoms with Gasteiger partial charge in [-0.2, -0.15) is 0 Å². The Bertz CT molecular complexity index is 1420. The minimum Gasteiger partial charge on any atom is -0.446 e. The van der Waals surface area contributed by atoms with Gasteiger partial charge in [0.1, 0.15) is 12.2 Å². The molecule has 11 unspecified atom stereocenters. The zero-order valence-corrected chi connectivity index (χ0v) is 34.9. The van der Waals surface area contributed by atoms with Crippen molar-refractivity contribution in [1.82, 2.24) is 10.6 Å². The first-order chi connectivity index (χ1) is 25.3. The fourth-order valence-electron chi connectivity index (χ4n) is 11.0. The number of unbranched alkanes of at least 4 members (excludes halogenated alkanes) is 2. The van der Waals surface area contributed by atoms with Crippen molar-refractivity contribution >= 4 is 30.3 Å². The Morgan fingerprint density at radius 1 is 1.00 bits per heavy atom. The van der Waals surface area contributed by atoms with E-state index >= 15 is 0 Å². The Kier molecular flexibility index (Phi) is 15.5. The van der Waals surface area contributed by atoms with Gasteiger partial charge >= 0.3 is 6.09 Å². The lowest BCUT2D eigenvalue weighted by atomic mass is 9.51. The van der Waals surface area contributed by atoms with E-state index < -0.39 is 18.6 Å². The summed E-state index contributed by atoms with van der Waals surface area (Å²) in [5, 5.41) is 15.8. The number of benzene rings is 1. The number of hydrogen-bond donors (Lipinski definition) is 4. The minimum atomic E-state index is -3.06. The molecule has 53 heavy (non-hydrogen) atoms. The predicted molar refractivity (Wildman–Crippen MR) is 217 cm³/mol. The maximum absolute atomic E-state index is 12.8. The number of carbonyl (C=O) groups is 2. The maximum atomic E-state index is 12.8. The van der Waals surface area contributed by atoms with Crippen molar-refractivity contribution in [2.45, 2.75) is 142 Å². The second kappa shape index (κ2) is 19.4. The second-order valence-corrected chi connectivity index (χ2v) is 21.6. The molecule has 1 aromatic carbocycles. The number of aliphatic hydroxyl groups excluding tert-OH is 1. The van der Waals surface area contributed by atoms with Crippen molar-refractivity contribution in [3.63, 3.8) is 0 Å². The van der Waals surface area contributed by atoms with Crippen molar-refractivity contribution in [2.24, 2.45) is 46.8 Å². The third kappa shape index (κ3) is 11.4. The summed E-state index contributed by atoms with van der Waals surface area (Å²) < 4.78 is 11.7. The van der Waals surface area contributed by atoms with E-state index in [1.165, 1.54) is 58.0 Å². The van der Waals surface area contributed by atoms with E-state index in [0.29, 0.717) is 24.3 Å². The number of amides is 2. The van der Waals surface area contributed by atoms with Crippen LogP contribution >= 0.6 is 6.49 Å². The second-order valence-electron chi connectivity index (χ2n) is 17.7. The van der Waals surface area contributed by atoms with Crippen LogP contribution in [0.25, 0.3) is 0 Å². The molecular formula is C43H69N2O6PS. The summed E-state index contributed by atoms with van der Waals surface area (Å²) in [5.41, 5.74) is 2.78. The molecule has 298 valence electrons. The van der Waals surface area contributed by atoms with Crippen LogP contribution < -0.4 is 10.6 Å². The third-order valence-electron chi connectivity index (χ3n) is 13.6. The van der Waals surface area contributed by atoms with Gasteiger partial charge in [0, 0.05) is 26.1 Å². The molecule has 0 radical (unpaired) electrons. The van der Waals surface area contributed by atoms with Gasteiger partial charge in [-0.25, -0.2) is 4.79 Å². The molecule has 4 aliphatic carbocycles. The van der Waals surface area contributed by atoms with Crippen molar-refractivity contribution in [2.75, 3.05) is 19.8 Å². The summed E-state index contributed by atoms with van der Waals surface area (Å²) in [7, 11) is 0. The van der Waals surface area contributed by atoms with Crippen LogP contribution in [0, 0.1) is 46.8 Å². The molecule has 3 fully saturated rings. The van der Waals surface area contributed by atoms with E-state index in [2.05, 4.69) is 44.4 Å². The van der Waals surface area contributed by atoms with Crippen molar-refractivity contribution in [1.29, 1.82) is 0 Å². The summed E-state index contributed by atoms with van der Waals surface area (Å²) >= 11 is 5.10. The molecule has 0 spiro atoms. The van der Waals surface area contributed by atoms with E-state index in [0.717, 1.165) is 73.2 Å². The highest BCUT2D eigenvalue weighted by Gasteiger charge is 2.56. The number of rotatable bonds is 18. The summed E-state index contributed by atoms with van der Waals surface area (Å²) in [5.74, 6) is 5.49. The predicted octanol–water partition coefficient (Wildman–Crippen LogP) is 9.46. The highest BCUT2D eigenvalue weighted by atomic mass is 32.5. The van der Waals surface area contributed by atoms with Gasteiger partial charge < -0.3 is 29.9 Å². The number of hydrogen-bond acceptors (Lipinski definition) is 6. The van der Waals surface area contributed by atoms with E-state index in [-0.39, 0.29) is 31.1 Å². The van der Waals surface area contributed by atoms with Crippen LogP contribution in [-0.4, -0.2) is 54.0 Å². The number of allylic oxidation sites excluding steroid dienone is 1. The highest BCUT2D eigenvalue weighted by molar-refractivity contribution is 8.09. The van der Waals surface area contributed by atoms with Crippen LogP contribution in [0.2, 0.25) is 0 Å². The summed E-state index contributed by atoms with van der Waals surface area (Å²) in [6, 6.07) is 8.42. The number of aliphatic hydroxyl groups is 1. The molecule has 10 heteroatoms. The van der Waals surface area contributed by atoms with Crippen LogP contribution in [0.15, 0.2) is 42.0 Å². The van der Waals surface area contributed by atoms with Crippen LogP contribution in [0.3, 0.4) is 0 Å². The first-order valence-electron chi connectivity index (χ1n) is 20.9. The lowest BCUT2D eigenvalue weighted by Gasteiger charge is -2.54. The van der Waals surface area contributed by atoms with E-state index in [1.54, 1.807) is 5.57 Å². The number of ether oxygens (including phenoxy) is 1. The molecule has 8 nitrogen and oxygen atoms in total. The van der Waals surface area contributed by atoms with E-state index in [9.17, 15) is 19.6 Å². The van der Waals surface area contributed by atoms with E-state index in [1.807, 2.05) is 30.3 Å². The van der Waals surface area contributed by atoms with Gasteiger partial charge in [0.05, 0.1) is 12.6 Å². The Hall–Kier alpha value is -1.77. The van der Waals surface area contributed by atoms with Crippen LogP contribution in [0.5, 0.6) is 0 Å². The number of nitrogens with one attached hydrogen (secondary N) is 2. The van der Waals surface area contributed by atoms with Gasteiger partial charge in [0.15, 0.2) is 6.49 Å². The Labute approximate surface area is 325 Å². The molecule has 2 amide bonds. The Morgan fingerprint density at radius 2 is 1.77 bits per heavy atom. The van der Waals surface area contributed by atoms with Crippen molar-refractivity contribution < 1.29 is 28.8 Å². The zero-order chi connectivity index (χ0) is 38.2. The summed E-state index contributed by atoms with van der Waals surface area (Å²) in [6.45, 7) is 8.46. The quantitative estimate of drug-likeness (QED) is 0.0668.